The van der Waals surface area contributed by atoms with Crippen LogP contribution in [0.3, 0.4) is 0 Å². The first-order valence-corrected chi connectivity index (χ1v) is 6.88. The predicted molar refractivity (Wildman–Crippen MR) is 80.6 cm³/mol. The number of carbonyl (C=O) groups excluding carboxylic acids is 2. The Morgan fingerprint density at radius 1 is 1.04 bits per heavy atom. The lowest BCUT2D eigenvalue weighted by molar-refractivity contribution is -0.385. The lowest BCUT2D eigenvalue weighted by Gasteiger charge is -2.01. The second-order valence-electron chi connectivity index (χ2n) is 5.26. The maximum Gasteiger partial charge on any atom is 0.280 e. The second-order valence-corrected chi connectivity index (χ2v) is 5.26. The highest BCUT2D eigenvalue weighted by molar-refractivity contribution is 6.31. The van der Waals surface area contributed by atoms with E-state index in [9.17, 15) is 19.7 Å². The van der Waals surface area contributed by atoms with Crippen molar-refractivity contribution in [2.24, 2.45) is 0 Å². The number of aromatic amines is 1. The standard InChI is InChI=1S/C16H9N3O4/c20-14-8-4-3-7-11(19(22)23)12(8)15(21)13(14)16-17-9-5-1-2-6-10(9)18-16/h1-7,13H,(H,17,18)/t13-/m1/s1. The summed E-state index contributed by atoms with van der Waals surface area (Å²) in [5, 5.41) is 11.1. The van der Waals surface area contributed by atoms with Crippen LogP contribution in [0.5, 0.6) is 0 Å². The van der Waals surface area contributed by atoms with E-state index in [0.29, 0.717) is 11.0 Å². The van der Waals surface area contributed by atoms with Crippen molar-refractivity contribution in [3.63, 3.8) is 0 Å². The quantitative estimate of drug-likeness (QED) is 0.445. The fourth-order valence-corrected chi connectivity index (χ4v) is 2.93. The van der Waals surface area contributed by atoms with Crippen molar-refractivity contribution in [2.75, 3.05) is 0 Å². The van der Waals surface area contributed by atoms with Crippen molar-refractivity contribution >= 4 is 28.3 Å². The summed E-state index contributed by atoms with van der Waals surface area (Å²) in [7, 11) is 0. The van der Waals surface area contributed by atoms with Crippen molar-refractivity contribution in [3.05, 3.63) is 69.5 Å². The lowest BCUT2D eigenvalue weighted by Crippen LogP contribution is -2.14. The van der Waals surface area contributed by atoms with E-state index in [1.165, 1.54) is 18.2 Å². The smallest absolute Gasteiger partial charge is 0.280 e. The SMILES string of the molecule is O=C1c2cccc([N+](=O)[O-])c2C(=O)[C@@H]1c1nc2ccccc2[nH]1. The molecule has 0 amide bonds. The highest BCUT2D eigenvalue weighted by Gasteiger charge is 2.45. The third-order valence-electron chi connectivity index (χ3n) is 3.96. The summed E-state index contributed by atoms with van der Waals surface area (Å²) in [5.41, 5.74) is 0.934. The minimum atomic E-state index is -1.15. The molecule has 0 radical (unpaired) electrons. The van der Waals surface area contributed by atoms with Crippen LogP contribution in [0.1, 0.15) is 32.5 Å². The number of nitro groups is 1. The first-order chi connectivity index (χ1) is 11.1. The molecule has 1 aromatic heterocycles. The molecule has 0 saturated heterocycles. The number of carbonyl (C=O) groups is 2. The van der Waals surface area contributed by atoms with Gasteiger partial charge in [-0.15, -0.1) is 0 Å². The lowest BCUT2D eigenvalue weighted by atomic mass is 10.0. The number of nitrogens with zero attached hydrogens (tertiary/aromatic N) is 2. The number of Topliss-reactive ketones (excluding diaryl/α,β-unsaturated/α-hetero) is 2. The maximum absolute atomic E-state index is 12.6. The van der Waals surface area contributed by atoms with E-state index in [0.717, 1.165) is 0 Å². The van der Waals surface area contributed by atoms with Crippen LogP contribution in [-0.2, 0) is 0 Å². The maximum atomic E-state index is 12.6. The van der Waals surface area contributed by atoms with Crippen molar-refractivity contribution in [1.29, 1.82) is 0 Å². The Bertz CT molecular complexity index is 972. The fourth-order valence-electron chi connectivity index (χ4n) is 2.93. The van der Waals surface area contributed by atoms with Gasteiger partial charge in [-0.25, -0.2) is 4.98 Å². The van der Waals surface area contributed by atoms with Gasteiger partial charge in [-0.1, -0.05) is 24.3 Å². The average Bonchev–Trinajstić information content (AvgIpc) is 3.07. The minimum absolute atomic E-state index is 0.0784. The number of ketones is 2. The summed E-state index contributed by atoms with van der Waals surface area (Å²) in [6.07, 6.45) is 0. The molecule has 7 nitrogen and oxygen atoms in total. The predicted octanol–water partition coefficient (Wildman–Crippen LogP) is 2.63. The molecule has 1 atom stereocenters. The molecule has 0 saturated carbocycles. The van der Waals surface area contributed by atoms with Crippen LogP contribution >= 0.6 is 0 Å². The molecule has 1 N–H and O–H groups in total. The van der Waals surface area contributed by atoms with Gasteiger partial charge in [0, 0.05) is 11.6 Å². The number of para-hydroxylation sites is 2. The molecule has 0 unspecified atom stereocenters. The zero-order valence-corrected chi connectivity index (χ0v) is 11.6. The van der Waals surface area contributed by atoms with Crippen LogP contribution < -0.4 is 0 Å². The summed E-state index contributed by atoms with van der Waals surface area (Å²) in [6, 6.07) is 11.2. The van der Waals surface area contributed by atoms with Gasteiger partial charge >= 0.3 is 0 Å². The van der Waals surface area contributed by atoms with E-state index >= 15 is 0 Å². The van der Waals surface area contributed by atoms with E-state index in [1.807, 2.05) is 6.07 Å². The molecule has 2 aromatic carbocycles. The Morgan fingerprint density at radius 3 is 2.57 bits per heavy atom. The van der Waals surface area contributed by atoms with Crippen LogP contribution in [0.2, 0.25) is 0 Å². The number of fused-ring (bicyclic) bond motifs is 2. The first-order valence-electron chi connectivity index (χ1n) is 6.88. The minimum Gasteiger partial charge on any atom is -0.341 e. The number of nitro benzene ring substituents is 1. The Hall–Kier alpha value is -3.35. The van der Waals surface area contributed by atoms with Gasteiger partial charge < -0.3 is 4.98 Å². The summed E-state index contributed by atoms with van der Waals surface area (Å²) in [5.74, 6) is -1.99. The van der Waals surface area contributed by atoms with Crippen LogP contribution in [0.4, 0.5) is 5.69 Å². The molecule has 0 bridgehead atoms. The van der Waals surface area contributed by atoms with Gasteiger partial charge in [0.2, 0.25) is 0 Å². The number of benzene rings is 2. The zero-order valence-electron chi connectivity index (χ0n) is 11.6. The number of hydrogen-bond donors (Lipinski definition) is 1. The Kier molecular flexibility index (Phi) is 2.65. The Balaban J connectivity index is 1.89. The molecule has 3 aromatic rings. The average molecular weight is 307 g/mol. The summed E-state index contributed by atoms with van der Waals surface area (Å²) < 4.78 is 0. The second kappa shape index (κ2) is 4.57. The molecule has 112 valence electrons. The van der Waals surface area contributed by atoms with Gasteiger partial charge in [0.15, 0.2) is 11.6 Å². The highest BCUT2D eigenvalue weighted by atomic mass is 16.6. The topological polar surface area (TPSA) is 106 Å². The van der Waals surface area contributed by atoms with Gasteiger partial charge in [-0.2, -0.15) is 0 Å². The molecule has 23 heavy (non-hydrogen) atoms. The number of aromatic nitrogens is 2. The number of imidazole rings is 1. The molecule has 0 aliphatic heterocycles. The highest BCUT2D eigenvalue weighted by Crippen LogP contribution is 2.37. The van der Waals surface area contributed by atoms with E-state index < -0.39 is 22.4 Å². The molecule has 7 heteroatoms. The summed E-state index contributed by atoms with van der Waals surface area (Å²) >= 11 is 0. The van der Waals surface area contributed by atoms with E-state index in [1.54, 1.807) is 18.2 Å². The van der Waals surface area contributed by atoms with Crippen molar-refractivity contribution < 1.29 is 14.5 Å². The third-order valence-corrected chi connectivity index (χ3v) is 3.96. The Labute approximate surface area is 129 Å². The molecule has 1 heterocycles. The van der Waals surface area contributed by atoms with Crippen LogP contribution in [-0.4, -0.2) is 26.5 Å². The number of H-pyrrole nitrogens is 1. The largest absolute Gasteiger partial charge is 0.341 e. The van der Waals surface area contributed by atoms with Crippen molar-refractivity contribution in [1.82, 2.24) is 9.97 Å². The number of nitrogens with one attached hydrogen (secondary N) is 1. The van der Waals surface area contributed by atoms with Gasteiger partial charge in [-0.3, -0.25) is 19.7 Å². The molecular weight excluding hydrogens is 298 g/mol. The van der Waals surface area contributed by atoms with E-state index in [-0.39, 0.29) is 22.6 Å². The van der Waals surface area contributed by atoms with Crippen LogP contribution in [0.25, 0.3) is 11.0 Å². The Morgan fingerprint density at radius 2 is 1.83 bits per heavy atom. The van der Waals surface area contributed by atoms with Crippen molar-refractivity contribution in [3.8, 4) is 0 Å². The van der Waals surface area contributed by atoms with Gasteiger partial charge in [-0.05, 0) is 12.1 Å². The van der Waals surface area contributed by atoms with Gasteiger partial charge in [0.1, 0.15) is 17.3 Å². The van der Waals surface area contributed by atoms with Crippen LogP contribution in [0.15, 0.2) is 42.5 Å². The van der Waals surface area contributed by atoms with E-state index in [2.05, 4.69) is 9.97 Å². The van der Waals surface area contributed by atoms with E-state index in [4.69, 9.17) is 0 Å². The van der Waals surface area contributed by atoms with Gasteiger partial charge in [0.25, 0.3) is 5.69 Å². The van der Waals surface area contributed by atoms with Crippen LogP contribution in [0, 0.1) is 10.1 Å². The molecular formula is C16H9N3O4. The first kappa shape index (κ1) is 13.3. The number of hydrogen-bond acceptors (Lipinski definition) is 5. The van der Waals surface area contributed by atoms with Gasteiger partial charge in [0.05, 0.1) is 16.0 Å². The number of rotatable bonds is 2. The molecule has 4 rings (SSSR count). The molecule has 0 fully saturated rings. The molecule has 0 spiro atoms. The monoisotopic (exact) mass is 307 g/mol. The fraction of sp³-hybridized carbons (Fsp3) is 0.0625. The summed E-state index contributed by atoms with van der Waals surface area (Å²) in [6.45, 7) is 0. The third kappa shape index (κ3) is 1.80. The molecule has 1 aliphatic rings. The summed E-state index contributed by atoms with van der Waals surface area (Å²) in [4.78, 5) is 42.9. The molecule has 1 aliphatic carbocycles. The normalized spacial score (nSPS) is 16.8. The zero-order chi connectivity index (χ0) is 16.1. The van der Waals surface area contributed by atoms with Crippen molar-refractivity contribution in [2.45, 2.75) is 5.92 Å².